The van der Waals surface area contributed by atoms with Crippen LogP contribution in [0.3, 0.4) is 0 Å². The van der Waals surface area contributed by atoms with E-state index in [9.17, 15) is 14.7 Å². The number of aromatic nitrogens is 4. The minimum absolute atomic E-state index is 0.0296. The van der Waals surface area contributed by atoms with Crippen molar-refractivity contribution < 1.29 is 14.7 Å². The summed E-state index contributed by atoms with van der Waals surface area (Å²) < 4.78 is 1.81. The molecule has 3 aromatic rings. The molecule has 0 aliphatic carbocycles. The van der Waals surface area contributed by atoms with Gasteiger partial charge in [-0.25, -0.2) is 19.4 Å². The number of nitrogens with zero attached hydrogens (tertiary/aromatic N) is 4. The SMILES string of the molecule is CCCC(=O)c1nc(Cc2ccc(-c3cccnc3C(=O)O)cc2)n(CCC)n1. The van der Waals surface area contributed by atoms with E-state index in [1.807, 2.05) is 31.2 Å². The predicted octanol–water partition coefficient (Wildman–Crippen LogP) is 4.02. The van der Waals surface area contributed by atoms with Crippen molar-refractivity contribution >= 4 is 11.8 Å². The summed E-state index contributed by atoms with van der Waals surface area (Å²) in [5, 5.41) is 13.7. The largest absolute Gasteiger partial charge is 0.476 e. The van der Waals surface area contributed by atoms with Gasteiger partial charge in [0.05, 0.1) is 0 Å². The number of carboxylic acid groups (broad SMARTS) is 1. The van der Waals surface area contributed by atoms with Gasteiger partial charge in [0.25, 0.3) is 0 Å². The third-order valence-corrected chi connectivity index (χ3v) is 4.55. The molecule has 0 saturated carbocycles. The second-order valence-electron chi connectivity index (χ2n) is 6.83. The molecule has 2 heterocycles. The fraction of sp³-hybridized carbons (Fsp3) is 0.318. The van der Waals surface area contributed by atoms with Crippen molar-refractivity contribution in [3.05, 3.63) is 65.5 Å². The van der Waals surface area contributed by atoms with Gasteiger partial charge >= 0.3 is 5.97 Å². The number of carbonyl (C=O) groups excluding carboxylic acids is 1. The Hall–Kier alpha value is -3.35. The van der Waals surface area contributed by atoms with Crippen LogP contribution in [-0.2, 0) is 13.0 Å². The van der Waals surface area contributed by atoms with Crippen LogP contribution in [0.5, 0.6) is 0 Å². The average molecular weight is 392 g/mol. The summed E-state index contributed by atoms with van der Waals surface area (Å²) in [6.45, 7) is 4.72. The molecular weight excluding hydrogens is 368 g/mol. The Morgan fingerprint density at radius 1 is 1.07 bits per heavy atom. The zero-order valence-corrected chi connectivity index (χ0v) is 16.6. The summed E-state index contributed by atoms with van der Waals surface area (Å²) >= 11 is 0. The number of carboxylic acids is 1. The van der Waals surface area contributed by atoms with E-state index in [0.717, 1.165) is 29.8 Å². The van der Waals surface area contributed by atoms with Crippen molar-refractivity contribution in [2.45, 2.75) is 46.1 Å². The van der Waals surface area contributed by atoms with Crippen LogP contribution in [-0.4, -0.2) is 36.6 Å². The van der Waals surface area contributed by atoms with Crippen LogP contribution in [0, 0.1) is 0 Å². The maximum absolute atomic E-state index is 12.2. The molecule has 2 aromatic heterocycles. The molecule has 150 valence electrons. The summed E-state index contributed by atoms with van der Waals surface area (Å²) in [7, 11) is 0. The topological polar surface area (TPSA) is 98.0 Å². The summed E-state index contributed by atoms with van der Waals surface area (Å²) in [5.41, 5.74) is 2.40. The van der Waals surface area contributed by atoms with E-state index >= 15 is 0 Å². The first kappa shape index (κ1) is 20.4. The number of hydrogen-bond donors (Lipinski definition) is 1. The van der Waals surface area contributed by atoms with Crippen molar-refractivity contribution in [2.75, 3.05) is 0 Å². The van der Waals surface area contributed by atoms with Crippen molar-refractivity contribution in [1.29, 1.82) is 0 Å². The van der Waals surface area contributed by atoms with Gasteiger partial charge < -0.3 is 5.11 Å². The van der Waals surface area contributed by atoms with Gasteiger partial charge in [-0.2, -0.15) is 0 Å². The normalized spacial score (nSPS) is 10.8. The van der Waals surface area contributed by atoms with Crippen LogP contribution in [0.2, 0.25) is 0 Å². The van der Waals surface area contributed by atoms with E-state index in [1.165, 1.54) is 6.20 Å². The number of ketones is 1. The Morgan fingerprint density at radius 3 is 2.48 bits per heavy atom. The van der Waals surface area contributed by atoms with Crippen molar-refractivity contribution in [1.82, 2.24) is 19.7 Å². The summed E-state index contributed by atoms with van der Waals surface area (Å²) in [6.07, 6.45) is 4.13. The zero-order chi connectivity index (χ0) is 20.8. The first-order chi connectivity index (χ1) is 14.0. The number of rotatable bonds is 9. The van der Waals surface area contributed by atoms with E-state index in [1.54, 1.807) is 16.8 Å². The second kappa shape index (κ2) is 9.23. The van der Waals surface area contributed by atoms with Crippen LogP contribution >= 0.6 is 0 Å². The van der Waals surface area contributed by atoms with Crippen molar-refractivity contribution in [3.63, 3.8) is 0 Å². The quantitative estimate of drug-likeness (QED) is 0.552. The van der Waals surface area contributed by atoms with Crippen molar-refractivity contribution in [2.24, 2.45) is 0 Å². The first-order valence-corrected chi connectivity index (χ1v) is 9.78. The van der Waals surface area contributed by atoms with E-state index in [4.69, 9.17) is 0 Å². The number of hydrogen-bond acceptors (Lipinski definition) is 5. The Balaban J connectivity index is 1.85. The first-order valence-electron chi connectivity index (χ1n) is 9.78. The molecule has 29 heavy (non-hydrogen) atoms. The molecule has 1 aromatic carbocycles. The molecule has 0 bridgehead atoms. The smallest absolute Gasteiger partial charge is 0.355 e. The third-order valence-electron chi connectivity index (χ3n) is 4.55. The van der Waals surface area contributed by atoms with Gasteiger partial charge in [-0.15, -0.1) is 5.10 Å². The Bertz CT molecular complexity index is 1010. The molecule has 7 heteroatoms. The summed E-state index contributed by atoms with van der Waals surface area (Å²) in [4.78, 5) is 32.0. The predicted molar refractivity (Wildman–Crippen MR) is 109 cm³/mol. The molecule has 3 rings (SSSR count). The molecule has 0 fully saturated rings. The summed E-state index contributed by atoms with van der Waals surface area (Å²) in [5.74, 6) is -0.0432. The maximum Gasteiger partial charge on any atom is 0.355 e. The number of pyridine rings is 1. The average Bonchev–Trinajstić information content (AvgIpc) is 3.12. The number of carbonyl (C=O) groups is 2. The molecule has 0 radical (unpaired) electrons. The minimum Gasteiger partial charge on any atom is -0.476 e. The van der Waals surface area contributed by atoms with Gasteiger partial charge in [0, 0.05) is 31.1 Å². The molecule has 0 aliphatic heterocycles. The van der Waals surface area contributed by atoms with E-state index in [-0.39, 0.29) is 17.3 Å². The number of Topliss-reactive ketones (excluding diaryl/α,β-unsaturated/α-hetero) is 1. The van der Waals surface area contributed by atoms with E-state index in [2.05, 4.69) is 22.0 Å². The fourth-order valence-electron chi connectivity index (χ4n) is 3.15. The highest BCUT2D eigenvalue weighted by molar-refractivity contribution is 5.94. The van der Waals surface area contributed by atoms with Crippen LogP contribution in [0.15, 0.2) is 42.6 Å². The molecule has 0 atom stereocenters. The standard InChI is InChI=1S/C22H24N4O3/c1-3-6-18(27)21-24-19(26(25-21)13-4-2)14-15-8-10-16(11-9-15)17-7-5-12-23-20(17)22(28)29/h5,7-12H,3-4,6,13-14H2,1-2H3,(H,28,29). The molecule has 1 N–H and O–H groups in total. The lowest BCUT2D eigenvalue weighted by Crippen LogP contribution is -2.06. The third kappa shape index (κ3) is 4.74. The molecule has 7 nitrogen and oxygen atoms in total. The number of benzene rings is 1. The highest BCUT2D eigenvalue weighted by Crippen LogP contribution is 2.23. The monoisotopic (exact) mass is 392 g/mol. The van der Waals surface area contributed by atoms with Crippen LogP contribution in [0.1, 0.15) is 65.6 Å². The van der Waals surface area contributed by atoms with Gasteiger partial charge in [-0.05, 0) is 30.0 Å². The molecule has 0 unspecified atom stereocenters. The lowest BCUT2D eigenvalue weighted by molar-refractivity contribution is 0.0691. The minimum atomic E-state index is -1.05. The maximum atomic E-state index is 12.2. The van der Waals surface area contributed by atoms with Gasteiger partial charge in [0.2, 0.25) is 11.6 Å². The lowest BCUT2D eigenvalue weighted by Gasteiger charge is -2.07. The Morgan fingerprint density at radius 2 is 1.83 bits per heavy atom. The van der Waals surface area contributed by atoms with E-state index < -0.39 is 5.97 Å². The fourth-order valence-corrected chi connectivity index (χ4v) is 3.15. The lowest BCUT2D eigenvalue weighted by atomic mass is 10.0. The van der Waals surface area contributed by atoms with Crippen LogP contribution in [0.4, 0.5) is 0 Å². The molecule has 0 saturated heterocycles. The molecule has 0 amide bonds. The second-order valence-corrected chi connectivity index (χ2v) is 6.83. The van der Waals surface area contributed by atoms with Gasteiger partial charge in [0.1, 0.15) is 5.82 Å². The molecule has 0 aliphatic rings. The molecular formula is C22H24N4O3. The van der Waals surface area contributed by atoms with Gasteiger partial charge in [-0.1, -0.05) is 44.2 Å². The van der Waals surface area contributed by atoms with Crippen LogP contribution < -0.4 is 0 Å². The number of aryl methyl sites for hydroxylation is 1. The van der Waals surface area contributed by atoms with Gasteiger partial charge in [-0.3, -0.25) is 4.79 Å². The highest BCUT2D eigenvalue weighted by Gasteiger charge is 2.16. The Labute approximate surface area is 169 Å². The number of aromatic carboxylic acids is 1. The zero-order valence-electron chi connectivity index (χ0n) is 16.6. The van der Waals surface area contributed by atoms with E-state index in [0.29, 0.717) is 24.9 Å². The Kier molecular flexibility index (Phi) is 6.49. The van der Waals surface area contributed by atoms with Gasteiger partial charge in [0.15, 0.2) is 5.69 Å². The molecule has 0 spiro atoms. The highest BCUT2D eigenvalue weighted by atomic mass is 16.4. The summed E-state index contributed by atoms with van der Waals surface area (Å²) in [6, 6.07) is 11.1. The van der Waals surface area contributed by atoms with Crippen molar-refractivity contribution in [3.8, 4) is 11.1 Å². The van der Waals surface area contributed by atoms with Crippen LogP contribution in [0.25, 0.3) is 11.1 Å².